The Morgan fingerprint density at radius 2 is 2.08 bits per heavy atom. The predicted octanol–water partition coefficient (Wildman–Crippen LogP) is 0.394. The standard InChI is InChI=1S/C8H12O4/c1-7(2)11-5(9)8(3-4-8)6(10)12-7/h5,9H,3-4H2,1-2H3. The van der Waals surface area contributed by atoms with Gasteiger partial charge in [0.05, 0.1) is 0 Å². The number of carbonyl (C=O) groups excluding carboxylic acids is 1. The molecule has 12 heavy (non-hydrogen) atoms. The van der Waals surface area contributed by atoms with Crippen LogP contribution in [-0.4, -0.2) is 23.2 Å². The minimum atomic E-state index is -0.992. The van der Waals surface area contributed by atoms with Crippen LogP contribution >= 0.6 is 0 Å². The van der Waals surface area contributed by atoms with Gasteiger partial charge in [-0.25, -0.2) is 0 Å². The zero-order valence-corrected chi connectivity index (χ0v) is 7.16. The molecule has 4 nitrogen and oxygen atoms in total. The number of cyclic esters (lactones) is 1. The normalized spacial score (nSPS) is 36.2. The van der Waals surface area contributed by atoms with Gasteiger partial charge in [-0.05, 0) is 12.8 Å². The number of rotatable bonds is 0. The summed E-state index contributed by atoms with van der Waals surface area (Å²) in [6.07, 6.45) is 0.348. The fourth-order valence-electron chi connectivity index (χ4n) is 1.42. The van der Waals surface area contributed by atoms with E-state index >= 15 is 0 Å². The second-order valence-electron chi connectivity index (χ2n) is 3.92. The average Bonchev–Trinajstić information content (AvgIpc) is 2.59. The molecule has 1 heterocycles. The van der Waals surface area contributed by atoms with Crippen molar-refractivity contribution in [2.45, 2.75) is 38.8 Å². The van der Waals surface area contributed by atoms with Crippen molar-refractivity contribution in [2.24, 2.45) is 5.41 Å². The quantitative estimate of drug-likeness (QED) is 0.537. The Balaban J connectivity index is 2.20. The molecule has 1 aliphatic heterocycles. The van der Waals surface area contributed by atoms with Crippen LogP contribution in [0.2, 0.25) is 0 Å². The van der Waals surface area contributed by atoms with E-state index in [0.717, 1.165) is 0 Å². The van der Waals surface area contributed by atoms with E-state index < -0.39 is 17.5 Å². The van der Waals surface area contributed by atoms with E-state index in [1.807, 2.05) is 0 Å². The summed E-state index contributed by atoms with van der Waals surface area (Å²) in [7, 11) is 0. The van der Waals surface area contributed by atoms with Gasteiger partial charge in [0.25, 0.3) is 0 Å². The van der Waals surface area contributed by atoms with Crippen LogP contribution in [0.5, 0.6) is 0 Å². The Bertz CT molecular complexity index is 229. The summed E-state index contributed by atoms with van der Waals surface area (Å²) in [5.74, 6) is -1.31. The molecule has 2 rings (SSSR count). The third-order valence-electron chi connectivity index (χ3n) is 2.40. The lowest BCUT2D eigenvalue weighted by Gasteiger charge is -2.37. The molecule has 4 heteroatoms. The highest BCUT2D eigenvalue weighted by molar-refractivity contribution is 5.81. The molecular weight excluding hydrogens is 160 g/mol. The molecule has 1 unspecified atom stereocenters. The Kier molecular flexibility index (Phi) is 1.34. The Morgan fingerprint density at radius 1 is 1.50 bits per heavy atom. The number of aliphatic hydroxyl groups excluding tert-OH is 1. The first-order valence-corrected chi connectivity index (χ1v) is 4.06. The minimum absolute atomic E-state index is 0.328. The van der Waals surface area contributed by atoms with Crippen molar-refractivity contribution in [3.63, 3.8) is 0 Å². The van der Waals surface area contributed by atoms with Crippen molar-refractivity contribution < 1.29 is 19.4 Å². The second kappa shape index (κ2) is 2.00. The first kappa shape index (κ1) is 8.01. The van der Waals surface area contributed by atoms with E-state index in [1.165, 1.54) is 0 Å². The van der Waals surface area contributed by atoms with Crippen molar-refractivity contribution in [2.75, 3.05) is 0 Å². The van der Waals surface area contributed by atoms with Crippen molar-refractivity contribution in [3.8, 4) is 0 Å². The third-order valence-corrected chi connectivity index (χ3v) is 2.40. The lowest BCUT2D eigenvalue weighted by molar-refractivity contribution is -0.320. The molecule has 1 N–H and O–H groups in total. The molecular formula is C8H12O4. The Morgan fingerprint density at radius 3 is 2.50 bits per heavy atom. The van der Waals surface area contributed by atoms with Gasteiger partial charge in [0.15, 0.2) is 6.29 Å². The highest BCUT2D eigenvalue weighted by Gasteiger charge is 2.62. The summed E-state index contributed by atoms with van der Waals surface area (Å²) in [5.41, 5.74) is -0.727. The number of ether oxygens (including phenoxy) is 2. The van der Waals surface area contributed by atoms with Crippen LogP contribution in [0, 0.1) is 5.41 Å². The zero-order chi connectivity index (χ0) is 8.98. The monoisotopic (exact) mass is 172 g/mol. The highest BCUT2D eigenvalue weighted by Crippen LogP contribution is 2.53. The number of esters is 1. The molecule has 68 valence electrons. The van der Waals surface area contributed by atoms with Gasteiger partial charge >= 0.3 is 5.97 Å². The highest BCUT2D eigenvalue weighted by atomic mass is 16.8. The van der Waals surface area contributed by atoms with E-state index in [-0.39, 0.29) is 5.97 Å². The fourth-order valence-corrected chi connectivity index (χ4v) is 1.42. The van der Waals surface area contributed by atoms with Crippen molar-refractivity contribution in [3.05, 3.63) is 0 Å². The smallest absolute Gasteiger partial charge is 0.319 e. The van der Waals surface area contributed by atoms with Crippen LogP contribution in [0.25, 0.3) is 0 Å². The molecule has 0 aromatic rings. The summed E-state index contributed by atoms with van der Waals surface area (Å²) in [6, 6.07) is 0. The maximum Gasteiger partial charge on any atom is 0.319 e. The Hall–Kier alpha value is -0.610. The molecule has 1 atom stereocenters. The number of hydrogen-bond acceptors (Lipinski definition) is 4. The van der Waals surface area contributed by atoms with Crippen molar-refractivity contribution in [1.29, 1.82) is 0 Å². The summed E-state index contributed by atoms with van der Waals surface area (Å²) >= 11 is 0. The van der Waals surface area contributed by atoms with E-state index in [9.17, 15) is 9.90 Å². The van der Waals surface area contributed by atoms with Crippen LogP contribution in [-0.2, 0) is 14.3 Å². The maximum absolute atomic E-state index is 11.3. The lowest BCUT2D eigenvalue weighted by Crippen LogP contribution is -2.49. The van der Waals surface area contributed by atoms with E-state index in [4.69, 9.17) is 9.47 Å². The molecule has 0 amide bonds. The molecule has 0 radical (unpaired) electrons. The summed E-state index contributed by atoms with van der Waals surface area (Å²) in [5, 5.41) is 9.48. The van der Waals surface area contributed by atoms with Crippen LogP contribution in [0.4, 0.5) is 0 Å². The first-order chi connectivity index (χ1) is 5.46. The molecule has 1 aliphatic carbocycles. The summed E-state index contributed by atoms with van der Waals surface area (Å²) < 4.78 is 10.1. The zero-order valence-electron chi connectivity index (χ0n) is 7.16. The van der Waals surface area contributed by atoms with E-state index in [2.05, 4.69) is 0 Å². The van der Waals surface area contributed by atoms with Gasteiger partial charge in [-0.3, -0.25) is 4.79 Å². The summed E-state index contributed by atoms with van der Waals surface area (Å²) in [4.78, 5) is 11.3. The SMILES string of the molecule is CC1(C)OC(=O)C2(CC2)C(O)O1. The van der Waals surface area contributed by atoms with Crippen molar-refractivity contribution >= 4 is 5.97 Å². The van der Waals surface area contributed by atoms with E-state index in [0.29, 0.717) is 12.8 Å². The second-order valence-corrected chi connectivity index (χ2v) is 3.92. The molecule has 0 bridgehead atoms. The number of aliphatic hydroxyl groups is 1. The number of carbonyl (C=O) groups is 1. The minimum Gasteiger partial charge on any atom is -0.433 e. The van der Waals surface area contributed by atoms with Gasteiger partial charge in [-0.15, -0.1) is 0 Å². The van der Waals surface area contributed by atoms with Gasteiger partial charge in [0, 0.05) is 13.8 Å². The largest absolute Gasteiger partial charge is 0.433 e. The van der Waals surface area contributed by atoms with Crippen LogP contribution in [0.15, 0.2) is 0 Å². The van der Waals surface area contributed by atoms with Gasteiger partial charge in [0.1, 0.15) is 5.41 Å². The van der Waals surface area contributed by atoms with Gasteiger partial charge < -0.3 is 14.6 Å². The van der Waals surface area contributed by atoms with Gasteiger partial charge in [-0.2, -0.15) is 0 Å². The van der Waals surface area contributed by atoms with Gasteiger partial charge in [0.2, 0.25) is 5.79 Å². The van der Waals surface area contributed by atoms with Crippen LogP contribution < -0.4 is 0 Å². The van der Waals surface area contributed by atoms with E-state index in [1.54, 1.807) is 13.8 Å². The number of hydrogen-bond donors (Lipinski definition) is 1. The summed E-state index contributed by atoms with van der Waals surface area (Å²) in [6.45, 7) is 3.23. The average molecular weight is 172 g/mol. The topological polar surface area (TPSA) is 55.8 Å². The Labute approximate surface area is 70.5 Å². The molecule has 2 aliphatic rings. The van der Waals surface area contributed by atoms with Gasteiger partial charge in [-0.1, -0.05) is 0 Å². The molecule has 1 saturated heterocycles. The molecule has 1 spiro atoms. The molecule has 1 saturated carbocycles. The maximum atomic E-state index is 11.3. The van der Waals surface area contributed by atoms with Crippen molar-refractivity contribution in [1.82, 2.24) is 0 Å². The molecule has 0 aromatic carbocycles. The third kappa shape index (κ3) is 0.949. The predicted molar refractivity (Wildman–Crippen MR) is 38.9 cm³/mol. The van der Waals surface area contributed by atoms with Crippen LogP contribution in [0.1, 0.15) is 26.7 Å². The molecule has 2 fully saturated rings. The lowest BCUT2D eigenvalue weighted by atomic mass is 10.1. The fraction of sp³-hybridized carbons (Fsp3) is 0.875. The molecule has 0 aromatic heterocycles. The first-order valence-electron chi connectivity index (χ1n) is 4.06. The van der Waals surface area contributed by atoms with Crippen LogP contribution in [0.3, 0.4) is 0 Å².